The quantitative estimate of drug-likeness (QED) is 0.659. The van der Waals surface area contributed by atoms with Crippen molar-refractivity contribution in [3.05, 3.63) is 29.8 Å². The molecule has 1 unspecified atom stereocenters. The molecule has 106 valence electrons. The molecule has 4 nitrogen and oxygen atoms in total. The van der Waals surface area contributed by atoms with E-state index in [9.17, 15) is 0 Å². The molecule has 1 aliphatic heterocycles. The Labute approximate surface area is 115 Å². The Morgan fingerprint density at radius 3 is 3.11 bits per heavy atom. The second-order valence-corrected chi connectivity index (χ2v) is 4.85. The fourth-order valence-electron chi connectivity index (χ4n) is 2.48. The van der Waals surface area contributed by atoms with E-state index in [0.29, 0.717) is 19.3 Å². The number of rotatable bonds is 7. The predicted molar refractivity (Wildman–Crippen MR) is 77.4 cm³/mol. The van der Waals surface area contributed by atoms with E-state index in [4.69, 9.17) is 9.84 Å². The highest BCUT2D eigenvalue weighted by Crippen LogP contribution is 2.28. The van der Waals surface area contributed by atoms with Gasteiger partial charge in [0.25, 0.3) is 0 Å². The molecule has 0 saturated carbocycles. The largest absolute Gasteiger partial charge is 0.394 e. The van der Waals surface area contributed by atoms with Crippen molar-refractivity contribution < 1.29 is 9.84 Å². The molecular formula is C15H24N2O2. The summed E-state index contributed by atoms with van der Waals surface area (Å²) in [7, 11) is 0. The monoisotopic (exact) mass is 264 g/mol. The molecule has 4 heteroatoms. The maximum atomic E-state index is 8.62. The maximum Gasteiger partial charge on any atom is 0.0697 e. The molecular weight excluding hydrogens is 240 g/mol. The van der Waals surface area contributed by atoms with Crippen LogP contribution >= 0.6 is 0 Å². The highest BCUT2D eigenvalue weighted by atomic mass is 16.5. The molecule has 0 spiro atoms. The zero-order valence-electron chi connectivity index (χ0n) is 11.4. The first-order valence-electron chi connectivity index (χ1n) is 7.16. The van der Waals surface area contributed by atoms with Crippen molar-refractivity contribution in [3.63, 3.8) is 0 Å². The number of hydrogen-bond acceptors (Lipinski definition) is 4. The van der Waals surface area contributed by atoms with Gasteiger partial charge in [-0.3, -0.25) is 0 Å². The van der Waals surface area contributed by atoms with Gasteiger partial charge in [-0.1, -0.05) is 18.2 Å². The third-order valence-electron chi connectivity index (χ3n) is 3.41. The standard InChI is InChI=1S/C15H24N2O2/c18-10-12-19-11-4-9-17-15-7-3-8-16-14-6-2-1-5-13(14)15/h1-2,5-6,15-18H,3-4,7-12H2. The van der Waals surface area contributed by atoms with Gasteiger partial charge in [-0.15, -0.1) is 0 Å². The molecule has 3 N–H and O–H groups in total. The zero-order chi connectivity index (χ0) is 13.3. The number of anilines is 1. The number of benzene rings is 1. The van der Waals surface area contributed by atoms with Gasteiger partial charge in [-0.25, -0.2) is 0 Å². The molecule has 0 aliphatic carbocycles. The van der Waals surface area contributed by atoms with Crippen LogP contribution in [-0.2, 0) is 4.74 Å². The first-order valence-corrected chi connectivity index (χ1v) is 7.16. The van der Waals surface area contributed by atoms with Crippen molar-refractivity contribution in [2.75, 3.05) is 38.2 Å². The van der Waals surface area contributed by atoms with Gasteiger partial charge in [0.2, 0.25) is 0 Å². The first kappa shape index (κ1) is 14.3. The number of hydrogen-bond donors (Lipinski definition) is 3. The summed E-state index contributed by atoms with van der Waals surface area (Å²) in [5, 5.41) is 15.7. The van der Waals surface area contributed by atoms with Crippen LogP contribution in [0.15, 0.2) is 24.3 Å². The molecule has 0 radical (unpaired) electrons. The minimum Gasteiger partial charge on any atom is -0.394 e. The highest BCUT2D eigenvalue weighted by molar-refractivity contribution is 5.53. The SMILES string of the molecule is OCCOCCCNC1CCCNc2ccccc21. The molecule has 0 saturated heterocycles. The fraction of sp³-hybridized carbons (Fsp3) is 0.600. The summed E-state index contributed by atoms with van der Waals surface area (Å²) >= 11 is 0. The second kappa shape index (κ2) is 8.15. The van der Waals surface area contributed by atoms with Crippen LogP contribution in [-0.4, -0.2) is 38.0 Å². The van der Waals surface area contributed by atoms with Gasteiger partial charge in [0, 0.05) is 24.9 Å². The summed E-state index contributed by atoms with van der Waals surface area (Å²) in [6, 6.07) is 8.97. The number of para-hydroxylation sites is 1. The van der Waals surface area contributed by atoms with E-state index in [1.54, 1.807) is 0 Å². The molecule has 1 aromatic rings. The van der Waals surface area contributed by atoms with Crippen LogP contribution in [0.4, 0.5) is 5.69 Å². The molecule has 2 rings (SSSR count). The summed E-state index contributed by atoms with van der Waals surface area (Å²) in [6.07, 6.45) is 3.33. The van der Waals surface area contributed by atoms with Gasteiger partial charge in [-0.2, -0.15) is 0 Å². The predicted octanol–water partition coefficient (Wildman–Crippen LogP) is 1.92. The molecule has 0 fully saturated rings. The number of aliphatic hydroxyl groups is 1. The molecule has 0 amide bonds. The minimum absolute atomic E-state index is 0.106. The third-order valence-corrected chi connectivity index (χ3v) is 3.41. The van der Waals surface area contributed by atoms with Gasteiger partial charge in [0.05, 0.1) is 13.2 Å². The summed E-state index contributed by atoms with van der Waals surface area (Å²) < 4.78 is 5.26. The lowest BCUT2D eigenvalue weighted by Crippen LogP contribution is -2.23. The number of ether oxygens (including phenoxy) is 1. The number of nitrogens with one attached hydrogen (secondary N) is 2. The topological polar surface area (TPSA) is 53.5 Å². The Bertz CT molecular complexity index is 371. The molecule has 0 bridgehead atoms. The smallest absolute Gasteiger partial charge is 0.0697 e. The van der Waals surface area contributed by atoms with Gasteiger partial charge in [0.1, 0.15) is 0 Å². The first-order chi connectivity index (χ1) is 9.42. The Morgan fingerprint density at radius 1 is 1.32 bits per heavy atom. The van der Waals surface area contributed by atoms with Gasteiger partial charge in [-0.05, 0) is 37.4 Å². The normalized spacial score (nSPS) is 18.5. The van der Waals surface area contributed by atoms with E-state index < -0.39 is 0 Å². The average Bonchev–Trinajstić information content (AvgIpc) is 2.65. The Balaban J connectivity index is 1.79. The molecule has 1 atom stereocenters. The van der Waals surface area contributed by atoms with Crippen LogP contribution in [0.2, 0.25) is 0 Å². The van der Waals surface area contributed by atoms with Crippen molar-refractivity contribution in [1.82, 2.24) is 5.32 Å². The maximum absolute atomic E-state index is 8.62. The van der Waals surface area contributed by atoms with Crippen LogP contribution in [0.3, 0.4) is 0 Å². The lowest BCUT2D eigenvalue weighted by atomic mass is 10.0. The molecule has 1 aliphatic rings. The van der Waals surface area contributed by atoms with Crippen molar-refractivity contribution >= 4 is 5.69 Å². The molecule has 1 aromatic carbocycles. The lowest BCUT2D eigenvalue weighted by Gasteiger charge is -2.19. The Kier molecular flexibility index (Phi) is 6.14. The summed E-state index contributed by atoms with van der Waals surface area (Å²) in [5.41, 5.74) is 2.63. The Hall–Kier alpha value is -1.10. The van der Waals surface area contributed by atoms with Crippen molar-refractivity contribution in [1.29, 1.82) is 0 Å². The number of aliphatic hydroxyl groups excluding tert-OH is 1. The van der Waals surface area contributed by atoms with E-state index >= 15 is 0 Å². The summed E-state index contributed by atoms with van der Waals surface area (Å²) in [6.45, 7) is 3.25. The van der Waals surface area contributed by atoms with Gasteiger partial charge in [0.15, 0.2) is 0 Å². The van der Waals surface area contributed by atoms with Gasteiger partial charge < -0.3 is 20.5 Å². The van der Waals surface area contributed by atoms with Gasteiger partial charge >= 0.3 is 0 Å². The molecule has 0 aromatic heterocycles. The fourth-order valence-corrected chi connectivity index (χ4v) is 2.48. The Morgan fingerprint density at radius 2 is 2.21 bits per heavy atom. The van der Waals surface area contributed by atoms with Crippen LogP contribution in [0.5, 0.6) is 0 Å². The third kappa shape index (κ3) is 4.49. The second-order valence-electron chi connectivity index (χ2n) is 4.85. The molecule has 19 heavy (non-hydrogen) atoms. The average molecular weight is 264 g/mol. The van der Waals surface area contributed by atoms with E-state index in [-0.39, 0.29) is 6.61 Å². The van der Waals surface area contributed by atoms with Crippen LogP contribution in [0, 0.1) is 0 Å². The van der Waals surface area contributed by atoms with E-state index in [0.717, 1.165) is 19.5 Å². The van der Waals surface area contributed by atoms with Crippen molar-refractivity contribution in [3.8, 4) is 0 Å². The molecule has 1 heterocycles. The number of fused-ring (bicyclic) bond motifs is 1. The minimum atomic E-state index is 0.106. The summed E-state index contributed by atoms with van der Waals surface area (Å²) in [5.74, 6) is 0. The van der Waals surface area contributed by atoms with E-state index in [1.165, 1.54) is 24.1 Å². The lowest BCUT2D eigenvalue weighted by molar-refractivity contribution is 0.0903. The van der Waals surface area contributed by atoms with E-state index in [1.807, 2.05) is 0 Å². The zero-order valence-corrected chi connectivity index (χ0v) is 11.4. The van der Waals surface area contributed by atoms with Crippen LogP contribution in [0.25, 0.3) is 0 Å². The highest BCUT2D eigenvalue weighted by Gasteiger charge is 2.16. The van der Waals surface area contributed by atoms with E-state index in [2.05, 4.69) is 34.9 Å². The summed E-state index contributed by atoms with van der Waals surface area (Å²) in [4.78, 5) is 0. The van der Waals surface area contributed by atoms with Crippen LogP contribution in [0.1, 0.15) is 30.9 Å². The van der Waals surface area contributed by atoms with Crippen molar-refractivity contribution in [2.45, 2.75) is 25.3 Å². The van der Waals surface area contributed by atoms with Crippen molar-refractivity contribution in [2.24, 2.45) is 0 Å². The van der Waals surface area contributed by atoms with Crippen LogP contribution < -0.4 is 10.6 Å².